The summed E-state index contributed by atoms with van der Waals surface area (Å²) in [5.41, 5.74) is 3.30. The number of fused-ring (bicyclic) bond motifs is 2. The zero-order valence-electron chi connectivity index (χ0n) is 10.2. The summed E-state index contributed by atoms with van der Waals surface area (Å²) >= 11 is 0. The van der Waals surface area contributed by atoms with Gasteiger partial charge in [0.15, 0.2) is 11.5 Å². The Hall–Kier alpha value is -1.71. The molecule has 17 heavy (non-hydrogen) atoms. The van der Waals surface area contributed by atoms with Crippen LogP contribution in [0.3, 0.4) is 0 Å². The largest absolute Gasteiger partial charge is 0.492 e. The number of hydrogen-bond acceptors (Lipinski definition) is 4. The Balaban J connectivity index is 2.25. The Morgan fingerprint density at radius 2 is 2.24 bits per heavy atom. The van der Waals surface area contributed by atoms with Crippen LogP contribution in [0.5, 0.6) is 17.2 Å². The maximum absolute atomic E-state index is 5.48. The molecule has 3 rings (SSSR count). The van der Waals surface area contributed by atoms with Crippen molar-refractivity contribution in [2.24, 2.45) is 4.99 Å². The maximum atomic E-state index is 5.48. The second kappa shape index (κ2) is 3.65. The molecule has 1 aromatic carbocycles. The lowest BCUT2D eigenvalue weighted by atomic mass is 9.93. The minimum atomic E-state index is 0.264. The van der Waals surface area contributed by atoms with E-state index >= 15 is 0 Å². The van der Waals surface area contributed by atoms with E-state index in [4.69, 9.17) is 14.2 Å². The van der Waals surface area contributed by atoms with Gasteiger partial charge in [-0.25, -0.2) is 0 Å². The molecule has 2 aliphatic rings. The first kappa shape index (κ1) is 10.4. The van der Waals surface area contributed by atoms with E-state index in [1.54, 1.807) is 7.11 Å². The number of benzene rings is 1. The molecule has 1 atom stereocenters. The molecule has 0 aromatic heterocycles. The molecule has 0 aliphatic carbocycles. The van der Waals surface area contributed by atoms with E-state index in [1.165, 1.54) is 5.56 Å². The van der Waals surface area contributed by atoms with E-state index in [2.05, 4.69) is 18.0 Å². The number of nitrogens with zero attached hydrogens (tertiary/aromatic N) is 1. The number of aliphatic imine (C=N–C) groups is 1. The van der Waals surface area contributed by atoms with Crippen LogP contribution in [0.25, 0.3) is 0 Å². The second-order valence-electron chi connectivity index (χ2n) is 4.45. The van der Waals surface area contributed by atoms with Gasteiger partial charge in [0.25, 0.3) is 0 Å². The van der Waals surface area contributed by atoms with Gasteiger partial charge in [-0.2, -0.15) is 0 Å². The van der Waals surface area contributed by atoms with Crippen LogP contribution in [0.1, 0.15) is 25.0 Å². The van der Waals surface area contributed by atoms with Gasteiger partial charge in [0.2, 0.25) is 12.5 Å². The van der Waals surface area contributed by atoms with E-state index in [0.717, 1.165) is 29.2 Å². The van der Waals surface area contributed by atoms with Gasteiger partial charge in [-0.3, -0.25) is 4.99 Å². The highest BCUT2D eigenvalue weighted by molar-refractivity contribution is 6.04. The lowest BCUT2D eigenvalue weighted by molar-refractivity contribution is 0.171. The molecule has 2 heterocycles. The third-order valence-corrected chi connectivity index (χ3v) is 3.20. The van der Waals surface area contributed by atoms with E-state index in [-0.39, 0.29) is 6.79 Å². The van der Waals surface area contributed by atoms with Crippen LogP contribution in [0.4, 0.5) is 0 Å². The molecule has 4 nitrogen and oxygen atoms in total. The summed E-state index contributed by atoms with van der Waals surface area (Å²) in [7, 11) is 1.66. The fourth-order valence-electron chi connectivity index (χ4n) is 2.57. The van der Waals surface area contributed by atoms with Crippen LogP contribution >= 0.6 is 0 Å². The average molecular weight is 233 g/mol. The van der Waals surface area contributed by atoms with E-state index in [9.17, 15) is 0 Å². The monoisotopic (exact) mass is 233 g/mol. The molecule has 0 saturated heterocycles. The van der Waals surface area contributed by atoms with Crippen molar-refractivity contribution in [2.45, 2.75) is 26.3 Å². The molecule has 0 spiro atoms. The van der Waals surface area contributed by atoms with Crippen molar-refractivity contribution >= 4 is 5.71 Å². The summed E-state index contributed by atoms with van der Waals surface area (Å²) in [4.78, 5) is 4.60. The third kappa shape index (κ3) is 1.47. The van der Waals surface area contributed by atoms with Crippen molar-refractivity contribution in [3.8, 4) is 17.2 Å². The van der Waals surface area contributed by atoms with E-state index in [0.29, 0.717) is 11.8 Å². The second-order valence-corrected chi connectivity index (χ2v) is 4.45. The predicted octanol–water partition coefficient (Wildman–Crippen LogP) is 2.18. The first-order valence-electron chi connectivity index (χ1n) is 5.75. The quantitative estimate of drug-likeness (QED) is 0.746. The van der Waals surface area contributed by atoms with Crippen LogP contribution in [-0.2, 0) is 6.42 Å². The summed E-state index contributed by atoms with van der Waals surface area (Å²) in [5, 5.41) is 0. The average Bonchev–Trinajstić information content (AvgIpc) is 2.73. The summed E-state index contributed by atoms with van der Waals surface area (Å²) in [5.74, 6) is 2.24. The fourth-order valence-corrected chi connectivity index (χ4v) is 2.57. The van der Waals surface area contributed by atoms with Gasteiger partial charge in [-0.05, 0) is 31.9 Å². The van der Waals surface area contributed by atoms with Gasteiger partial charge in [0, 0.05) is 11.3 Å². The standard InChI is InChI=1S/C13H15NO3/c1-7-4-9-5-10-12(17-6-16-10)13(15-3)11(9)8(2)14-7/h5,7H,4,6H2,1-3H3. The zero-order valence-corrected chi connectivity index (χ0v) is 10.2. The van der Waals surface area contributed by atoms with Crippen molar-refractivity contribution in [3.63, 3.8) is 0 Å². The molecule has 0 N–H and O–H groups in total. The van der Waals surface area contributed by atoms with Crippen LogP contribution in [-0.4, -0.2) is 25.7 Å². The van der Waals surface area contributed by atoms with Crippen molar-refractivity contribution in [3.05, 3.63) is 17.2 Å². The minimum Gasteiger partial charge on any atom is -0.492 e. The molecular weight excluding hydrogens is 218 g/mol. The Morgan fingerprint density at radius 1 is 1.41 bits per heavy atom. The first-order valence-corrected chi connectivity index (χ1v) is 5.75. The van der Waals surface area contributed by atoms with Crippen molar-refractivity contribution in [2.75, 3.05) is 13.9 Å². The lowest BCUT2D eigenvalue weighted by Crippen LogP contribution is -2.17. The summed E-state index contributed by atoms with van der Waals surface area (Å²) in [6, 6.07) is 2.36. The van der Waals surface area contributed by atoms with E-state index in [1.807, 2.05) is 6.92 Å². The van der Waals surface area contributed by atoms with Crippen LogP contribution in [0.2, 0.25) is 0 Å². The highest BCUT2D eigenvalue weighted by Gasteiger charge is 2.28. The molecule has 0 amide bonds. The number of rotatable bonds is 1. The molecule has 90 valence electrons. The molecule has 0 fully saturated rings. The van der Waals surface area contributed by atoms with Gasteiger partial charge in [0.1, 0.15) is 0 Å². The third-order valence-electron chi connectivity index (χ3n) is 3.20. The van der Waals surface area contributed by atoms with Gasteiger partial charge in [-0.1, -0.05) is 0 Å². The van der Waals surface area contributed by atoms with Crippen molar-refractivity contribution < 1.29 is 14.2 Å². The molecule has 1 unspecified atom stereocenters. The maximum Gasteiger partial charge on any atom is 0.231 e. The molecule has 0 saturated carbocycles. The highest BCUT2D eigenvalue weighted by atomic mass is 16.7. The van der Waals surface area contributed by atoms with Gasteiger partial charge < -0.3 is 14.2 Å². The van der Waals surface area contributed by atoms with Gasteiger partial charge in [0.05, 0.1) is 13.2 Å². The Labute approximate surface area is 100 Å². The molecular formula is C13H15NO3. The van der Waals surface area contributed by atoms with Crippen LogP contribution in [0, 0.1) is 0 Å². The van der Waals surface area contributed by atoms with Gasteiger partial charge >= 0.3 is 0 Å². The first-order chi connectivity index (χ1) is 8.20. The normalized spacial score (nSPS) is 20.9. The lowest BCUT2D eigenvalue weighted by Gasteiger charge is -2.22. The highest BCUT2D eigenvalue weighted by Crippen LogP contribution is 2.46. The summed E-state index contributed by atoms with van der Waals surface area (Å²) in [6.07, 6.45) is 0.916. The van der Waals surface area contributed by atoms with Crippen molar-refractivity contribution in [1.82, 2.24) is 0 Å². The minimum absolute atomic E-state index is 0.264. The molecule has 4 heteroatoms. The zero-order chi connectivity index (χ0) is 12.0. The van der Waals surface area contributed by atoms with Crippen molar-refractivity contribution in [1.29, 1.82) is 0 Å². The fraction of sp³-hybridized carbons (Fsp3) is 0.462. The Bertz CT molecular complexity index is 508. The molecule has 0 bridgehead atoms. The number of ether oxygens (including phenoxy) is 3. The van der Waals surface area contributed by atoms with Gasteiger partial charge in [-0.15, -0.1) is 0 Å². The molecule has 2 aliphatic heterocycles. The summed E-state index contributed by atoms with van der Waals surface area (Å²) < 4.78 is 16.4. The number of methoxy groups -OCH3 is 1. The molecule has 1 aromatic rings. The van der Waals surface area contributed by atoms with E-state index < -0.39 is 0 Å². The Morgan fingerprint density at radius 3 is 3.00 bits per heavy atom. The SMILES string of the molecule is COc1c2c(cc3c1C(C)=NC(C)C3)OCO2. The Kier molecular flexibility index (Phi) is 2.24. The summed E-state index contributed by atoms with van der Waals surface area (Å²) in [6.45, 7) is 4.39. The number of hydrogen-bond donors (Lipinski definition) is 0. The molecule has 0 radical (unpaired) electrons. The van der Waals surface area contributed by atoms with Crippen LogP contribution in [0.15, 0.2) is 11.1 Å². The smallest absolute Gasteiger partial charge is 0.231 e. The van der Waals surface area contributed by atoms with Crippen LogP contribution < -0.4 is 14.2 Å². The topological polar surface area (TPSA) is 40.0 Å². The predicted molar refractivity (Wildman–Crippen MR) is 64.5 cm³/mol.